The molecule has 34 heavy (non-hydrogen) atoms. The van der Waals surface area contributed by atoms with E-state index in [1.807, 2.05) is 31.2 Å². The van der Waals surface area contributed by atoms with Crippen molar-refractivity contribution in [2.45, 2.75) is 13.3 Å². The lowest BCUT2D eigenvalue weighted by molar-refractivity contribution is -0.130. The number of nitrogens with zero attached hydrogens (tertiary/aromatic N) is 2. The number of carboxylic acid groups (broad SMARTS) is 1. The van der Waals surface area contributed by atoms with Crippen molar-refractivity contribution in [2.75, 3.05) is 13.2 Å². The number of aryl methyl sites for hydroxylation is 1. The predicted molar refractivity (Wildman–Crippen MR) is 129 cm³/mol. The van der Waals surface area contributed by atoms with Gasteiger partial charge in [0.2, 0.25) is 0 Å². The predicted octanol–water partition coefficient (Wildman–Crippen LogP) is 4.73. The summed E-state index contributed by atoms with van der Waals surface area (Å²) in [5.74, 6) is -0.535. The zero-order chi connectivity index (χ0) is 23.7. The highest BCUT2D eigenvalue weighted by molar-refractivity contribution is 7.00. The maximum atomic E-state index is 13.8. The number of ketones is 1. The Bertz CT molecular complexity index is 1440. The molecule has 0 unspecified atom stereocenters. The van der Waals surface area contributed by atoms with Crippen LogP contribution in [0.1, 0.15) is 27.0 Å². The molecule has 1 aliphatic heterocycles. The second-order valence-electron chi connectivity index (χ2n) is 7.98. The van der Waals surface area contributed by atoms with Gasteiger partial charge in [-0.1, -0.05) is 35.9 Å². The smallest absolute Gasteiger partial charge is 0.336 e. The van der Waals surface area contributed by atoms with Crippen LogP contribution in [0.5, 0.6) is 11.5 Å². The number of carbonyl (C=O) groups excluding carboxylic acids is 1. The van der Waals surface area contributed by atoms with Crippen molar-refractivity contribution in [1.82, 2.24) is 8.75 Å². The van der Waals surface area contributed by atoms with Crippen LogP contribution in [0, 0.1) is 6.92 Å². The fourth-order valence-corrected chi connectivity index (χ4v) is 4.43. The van der Waals surface area contributed by atoms with Gasteiger partial charge in [0.15, 0.2) is 17.3 Å². The maximum Gasteiger partial charge on any atom is 0.336 e. The minimum atomic E-state index is -1.18. The normalized spacial score (nSPS) is 13.4. The van der Waals surface area contributed by atoms with E-state index in [4.69, 9.17) is 9.47 Å². The van der Waals surface area contributed by atoms with Gasteiger partial charge in [-0.2, -0.15) is 8.75 Å². The van der Waals surface area contributed by atoms with E-state index in [-0.39, 0.29) is 23.4 Å². The number of allylic oxidation sites excluding steroid dienone is 1. The Balaban J connectivity index is 1.66. The van der Waals surface area contributed by atoms with Crippen molar-refractivity contribution < 1.29 is 24.2 Å². The summed E-state index contributed by atoms with van der Waals surface area (Å²) >= 11 is 1.05. The molecule has 0 atom stereocenters. The summed E-state index contributed by atoms with van der Waals surface area (Å²) in [5.41, 5.74) is 4.03. The molecule has 1 aliphatic rings. The Hall–Kier alpha value is -4.04. The van der Waals surface area contributed by atoms with Gasteiger partial charge >= 0.3 is 5.97 Å². The standard InChI is InChI=1S/C26H20N2O5S/c1-15-2-4-16(5-3-15)12-19(25(29)18-7-9-22-23(14-18)33-11-10-32-22)24(26(30)31)17-6-8-20-21(13-17)28-34-27-20/h2-9,13-14H,10-12H2,1H3,(H,30,31). The van der Waals surface area contributed by atoms with Crippen LogP contribution in [0.2, 0.25) is 0 Å². The Kier molecular flexibility index (Phi) is 5.81. The minimum absolute atomic E-state index is 0.0598. The molecule has 0 spiro atoms. The Morgan fingerprint density at radius 1 is 0.882 bits per heavy atom. The summed E-state index contributed by atoms with van der Waals surface area (Å²) in [6.07, 6.45) is 0.155. The molecule has 1 N–H and O–H groups in total. The van der Waals surface area contributed by atoms with Crippen LogP contribution in [-0.2, 0) is 11.2 Å². The Morgan fingerprint density at radius 3 is 2.35 bits per heavy atom. The second-order valence-corrected chi connectivity index (χ2v) is 8.50. The number of hydrogen-bond donors (Lipinski definition) is 1. The molecule has 170 valence electrons. The fourth-order valence-electron chi connectivity index (χ4n) is 3.92. The van der Waals surface area contributed by atoms with Crippen LogP contribution in [0.25, 0.3) is 16.6 Å². The average molecular weight is 473 g/mol. The van der Waals surface area contributed by atoms with E-state index in [2.05, 4.69) is 8.75 Å². The summed E-state index contributed by atoms with van der Waals surface area (Å²) < 4.78 is 19.6. The van der Waals surface area contributed by atoms with Gasteiger partial charge in [0.25, 0.3) is 0 Å². The van der Waals surface area contributed by atoms with Crippen molar-refractivity contribution in [1.29, 1.82) is 0 Å². The fraction of sp³-hybridized carbons (Fsp3) is 0.154. The van der Waals surface area contributed by atoms with Crippen LogP contribution in [0.15, 0.2) is 66.2 Å². The number of carboxylic acids is 1. The summed E-state index contributed by atoms with van der Waals surface area (Å²) in [6, 6.07) is 17.7. The van der Waals surface area contributed by atoms with Gasteiger partial charge in [-0.3, -0.25) is 4.79 Å². The van der Waals surface area contributed by atoms with Crippen LogP contribution >= 0.6 is 11.7 Å². The van der Waals surface area contributed by atoms with E-state index < -0.39 is 5.97 Å². The third kappa shape index (κ3) is 4.27. The van der Waals surface area contributed by atoms with E-state index >= 15 is 0 Å². The van der Waals surface area contributed by atoms with Crippen LogP contribution in [0.3, 0.4) is 0 Å². The van der Waals surface area contributed by atoms with Crippen molar-refractivity contribution in [3.8, 4) is 11.5 Å². The molecule has 0 radical (unpaired) electrons. The molecule has 2 heterocycles. The molecule has 5 rings (SSSR count). The molecule has 0 saturated carbocycles. The summed E-state index contributed by atoms with van der Waals surface area (Å²) in [7, 11) is 0. The van der Waals surface area contributed by atoms with E-state index in [1.54, 1.807) is 36.4 Å². The SMILES string of the molecule is Cc1ccc(CC(C(=O)c2ccc3c(c2)OCCO3)=C(C(=O)O)c2ccc3nsnc3c2)cc1. The van der Waals surface area contributed by atoms with Gasteiger partial charge in [0, 0.05) is 17.6 Å². The van der Waals surface area contributed by atoms with Crippen molar-refractivity contribution in [2.24, 2.45) is 0 Å². The van der Waals surface area contributed by atoms with E-state index in [9.17, 15) is 14.7 Å². The van der Waals surface area contributed by atoms with Gasteiger partial charge < -0.3 is 14.6 Å². The molecule has 0 amide bonds. The third-order valence-electron chi connectivity index (χ3n) is 5.64. The highest BCUT2D eigenvalue weighted by Crippen LogP contribution is 2.33. The molecule has 0 bridgehead atoms. The molecule has 0 fully saturated rings. The highest BCUT2D eigenvalue weighted by Gasteiger charge is 2.25. The van der Waals surface area contributed by atoms with Gasteiger partial charge in [-0.05, 0) is 48.4 Å². The molecule has 1 aromatic heterocycles. The van der Waals surface area contributed by atoms with E-state index in [0.717, 1.165) is 22.9 Å². The maximum absolute atomic E-state index is 13.8. The van der Waals surface area contributed by atoms with Crippen molar-refractivity contribution in [3.63, 3.8) is 0 Å². The molecule has 0 saturated heterocycles. The zero-order valence-electron chi connectivity index (χ0n) is 18.3. The summed E-state index contributed by atoms with van der Waals surface area (Å²) in [6.45, 7) is 2.80. The van der Waals surface area contributed by atoms with E-state index in [0.29, 0.717) is 46.9 Å². The topological polar surface area (TPSA) is 98.6 Å². The first kappa shape index (κ1) is 21.8. The Labute approximate surface area is 199 Å². The average Bonchev–Trinajstić information content (AvgIpc) is 3.32. The van der Waals surface area contributed by atoms with Crippen molar-refractivity contribution in [3.05, 3.63) is 88.5 Å². The largest absolute Gasteiger partial charge is 0.486 e. The minimum Gasteiger partial charge on any atom is -0.486 e. The molecular weight excluding hydrogens is 452 g/mol. The highest BCUT2D eigenvalue weighted by atomic mass is 32.1. The van der Waals surface area contributed by atoms with Crippen LogP contribution < -0.4 is 9.47 Å². The monoisotopic (exact) mass is 472 g/mol. The first-order chi connectivity index (χ1) is 16.5. The number of Topliss-reactive ketones (excluding diaryl/α,β-unsaturated/α-hetero) is 1. The lowest BCUT2D eigenvalue weighted by Gasteiger charge is -2.19. The van der Waals surface area contributed by atoms with Gasteiger partial charge in [0.1, 0.15) is 24.2 Å². The molecule has 3 aromatic carbocycles. The molecule has 4 aromatic rings. The summed E-state index contributed by atoms with van der Waals surface area (Å²) in [4.78, 5) is 26.3. The lowest BCUT2D eigenvalue weighted by atomic mass is 9.89. The third-order valence-corrected chi connectivity index (χ3v) is 6.19. The lowest BCUT2D eigenvalue weighted by Crippen LogP contribution is -2.17. The number of aliphatic carboxylic acids is 1. The van der Waals surface area contributed by atoms with Crippen LogP contribution in [0.4, 0.5) is 0 Å². The quantitative estimate of drug-likeness (QED) is 0.320. The number of ether oxygens (including phenoxy) is 2. The molecule has 8 heteroatoms. The molecule has 0 aliphatic carbocycles. The van der Waals surface area contributed by atoms with E-state index in [1.165, 1.54) is 0 Å². The summed E-state index contributed by atoms with van der Waals surface area (Å²) in [5, 5.41) is 10.2. The molecular formula is C26H20N2O5S. The number of benzene rings is 3. The van der Waals surface area contributed by atoms with Crippen molar-refractivity contribution >= 4 is 40.1 Å². The zero-order valence-corrected chi connectivity index (χ0v) is 19.1. The number of hydrogen-bond acceptors (Lipinski definition) is 7. The van der Waals surface area contributed by atoms with Gasteiger partial charge in [-0.25, -0.2) is 4.79 Å². The van der Waals surface area contributed by atoms with Gasteiger partial charge in [0.05, 0.1) is 17.3 Å². The Morgan fingerprint density at radius 2 is 1.59 bits per heavy atom. The number of rotatable bonds is 6. The van der Waals surface area contributed by atoms with Crippen LogP contribution in [-0.4, -0.2) is 38.8 Å². The number of fused-ring (bicyclic) bond motifs is 2. The van der Waals surface area contributed by atoms with Gasteiger partial charge in [-0.15, -0.1) is 0 Å². The first-order valence-corrected chi connectivity index (χ1v) is 11.4. The number of carbonyl (C=O) groups is 2. The number of aromatic nitrogens is 2. The molecule has 7 nitrogen and oxygen atoms in total. The second kappa shape index (κ2) is 9.07. The first-order valence-electron chi connectivity index (χ1n) is 10.7.